The molecule has 50 heavy (non-hydrogen) atoms. The molecule has 3 aromatic carbocycles. The second-order valence-corrected chi connectivity index (χ2v) is 16.5. The summed E-state index contributed by atoms with van der Waals surface area (Å²) in [5.41, 5.74) is 5.27. The number of carbonyl (C=O) groups is 3. The van der Waals surface area contributed by atoms with Crippen molar-refractivity contribution in [1.29, 1.82) is 0 Å². The van der Waals surface area contributed by atoms with E-state index in [2.05, 4.69) is 39.8 Å². The monoisotopic (exact) mass is 674 g/mol. The minimum atomic E-state index is -1.25. The van der Waals surface area contributed by atoms with E-state index in [1.54, 1.807) is 0 Å². The molecule has 1 aliphatic heterocycles. The Bertz CT molecular complexity index is 1760. The highest BCUT2D eigenvalue weighted by Crippen LogP contribution is 2.58. The zero-order valence-corrected chi connectivity index (χ0v) is 30.3. The van der Waals surface area contributed by atoms with Gasteiger partial charge in [0.25, 0.3) is 0 Å². The minimum Gasteiger partial charge on any atom is -0.441 e. The molecule has 0 radical (unpaired) electrons. The van der Waals surface area contributed by atoms with Crippen LogP contribution < -0.4 is 9.47 Å². The smallest absolute Gasteiger partial charge is 0.340 e. The van der Waals surface area contributed by atoms with Gasteiger partial charge in [0, 0.05) is 16.7 Å². The molecular weight excluding hydrogens is 624 g/mol. The third kappa shape index (κ3) is 5.31. The highest BCUT2D eigenvalue weighted by atomic mass is 16.6. The Balaban J connectivity index is 1.22. The maximum atomic E-state index is 13.8. The second kappa shape index (κ2) is 12.4. The molecule has 6 nitrogen and oxygen atoms in total. The predicted octanol–water partition coefficient (Wildman–Crippen LogP) is 9.70. The van der Waals surface area contributed by atoms with E-state index in [0.717, 1.165) is 64.6 Å². The van der Waals surface area contributed by atoms with Crippen LogP contribution in [0.3, 0.4) is 0 Å². The number of carbonyl (C=O) groups excluding carboxylic acids is 3. The van der Waals surface area contributed by atoms with Gasteiger partial charge in [-0.15, -0.1) is 0 Å². The lowest BCUT2D eigenvalue weighted by Crippen LogP contribution is -2.32. The number of hydrogen-bond donors (Lipinski definition) is 0. The van der Waals surface area contributed by atoms with Crippen molar-refractivity contribution in [3.05, 3.63) is 93.0 Å². The van der Waals surface area contributed by atoms with Gasteiger partial charge in [-0.1, -0.05) is 71.6 Å². The number of fused-ring (bicyclic) bond motifs is 3. The third-order valence-electron chi connectivity index (χ3n) is 12.8. The van der Waals surface area contributed by atoms with E-state index in [9.17, 15) is 14.4 Å². The number of aryl methyl sites for hydroxylation is 2. The number of esters is 3. The molecule has 262 valence electrons. The summed E-state index contributed by atoms with van der Waals surface area (Å²) in [6.45, 7) is 12.4. The van der Waals surface area contributed by atoms with E-state index in [1.807, 2.05) is 50.2 Å². The third-order valence-corrected chi connectivity index (χ3v) is 12.8. The molecule has 8 rings (SSSR count). The molecule has 1 heterocycles. The van der Waals surface area contributed by atoms with Crippen molar-refractivity contribution in [3.8, 4) is 11.5 Å². The molecule has 0 spiro atoms. The van der Waals surface area contributed by atoms with Crippen molar-refractivity contribution in [2.45, 2.75) is 110 Å². The lowest BCUT2D eigenvalue weighted by Gasteiger charge is -2.34. The van der Waals surface area contributed by atoms with Crippen molar-refractivity contribution in [2.75, 3.05) is 0 Å². The van der Waals surface area contributed by atoms with Gasteiger partial charge in [-0.25, -0.2) is 4.79 Å². The van der Waals surface area contributed by atoms with Gasteiger partial charge in [-0.3, -0.25) is 9.59 Å². The summed E-state index contributed by atoms with van der Waals surface area (Å²) in [5.74, 6) is 2.51. The van der Waals surface area contributed by atoms with Crippen LogP contribution in [0.4, 0.5) is 0 Å². The Labute approximate surface area is 296 Å². The number of ether oxygens (including phenoxy) is 3. The van der Waals surface area contributed by atoms with Gasteiger partial charge < -0.3 is 14.2 Å². The minimum absolute atomic E-state index is 0.000171. The second-order valence-electron chi connectivity index (χ2n) is 16.5. The van der Waals surface area contributed by atoms with Crippen molar-refractivity contribution >= 4 is 17.9 Å². The van der Waals surface area contributed by atoms with Crippen molar-refractivity contribution in [3.63, 3.8) is 0 Å². The molecule has 3 aromatic rings. The molecule has 0 aromatic heterocycles. The summed E-state index contributed by atoms with van der Waals surface area (Å²) in [6, 6.07) is 15.7. The summed E-state index contributed by atoms with van der Waals surface area (Å²) >= 11 is 0. The Hall–Kier alpha value is -3.93. The van der Waals surface area contributed by atoms with Crippen LogP contribution in [-0.2, 0) is 19.9 Å². The predicted molar refractivity (Wildman–Crippen MR) is 191 cm³/mol. The fraction of sp³-hybridized carbons (Fsp3) is 0.523. The lowest BCUT2D eigenvalue weighted by molar-refractivity contribution is -0.137. The largest absolute Gasteiger partial charge is 0.441 e. The first kappa shape index (κ1) is 33.2. The van der Waals surface area contributed by atoms with E-state index >= 15 is 0 Å². The molecule has 4 aliphatic carbocycles. The molecule has 0 bridgehead atoms. The van der Waals surface area contributed by atoms with E-state index in [-0.39, 0.29) is 41.6 Å². The molecule has 4 saturated carbocycles. The first-order valence-corrected chi connectivity index (χ1v) is 19.1. The van der Waals surface area contributed by atoms with Crippen LogP contribution in [-0.4, -0.2) is 17.9 Å². The van der Waals surface area contributed by atoms with Crippen LogP contribution >= 0.6 is 0 Å². The van der Waals surface area contributed by atoms with Crippen LogP contribution in [0.5, 0.6) is 11.5 Å². The lowest BCUT2D eigenvalue weighted by atomic mass is 9.74. The standard InChI is InChI=1S/C44H50O6/c1-23(2)32-21-35(25(5)19-37(32)48-42(46)39-27-13-7-8-14-28(27)39)44(34-18-12-11-17-31(34)41(45)50-44)36-22-33(24(3)4)38(20-26(36)6)49-43(47)40-29-15-9-10-16-30(29)40/h11-12,17-24,27-30,39-40H,7-10,13-16H2,1-6H3/t27-,28-,29-,30+,40?,44?/m0/s1. The number of hydrogen-bond acceptors (Lipinski definition) is 6. The van der Waals surface area contributed by atoms with Gasteiger partial charge in [-0.2, -0.15) is 0 Å². The zero-order chi connectivity index (χ0) is 35.1. The fourth-order valence-electron chi connectivity index (χ4n) is 10.0. The molecule has 2 unspecified atom stereocenters. The highest BCUT2D eigenvalue weighted by molar-refractivity contribution is 5.96. The fourth-order valence-corrected chi connectivity index (χ4v) is 10.0. The van der Waals surface area contributed by atoms with Gasteiger partial charge in [0.05, 0.1) is 17.4 Å². The first-order valence-electron chi connectivity index (χ1n) is 19.1. The van der Waals surface area contributed by atoms with E-state index < -0.39 is 5.60 Å². The summed E-state index contributed by atoms with van der Waals surface area (Å²) in [6.07, 6.45) is 9.24. The van der Waals surface area contributed by atoms with Gasteiger partial charge in [0.15, 0.2) is 5.60 Å². The van der Waals surface area contributed by atoms with Crippen molar-refractivity contribution in [1.82, 2.24) is 0 Å². The molecule has 0 amide bonds. The van der Waals surface area contributed by atoms with E-state index in [4.69, 9.17) is 14.2 Å². The van der Waals surface area contributed by atoms with Crippen LogP contribution in [0.1, 0.15) is 140 Å². The number of rotatable bonds is 8. The van der Waals surface area contributed by atoms with Crippen LogP contribution in [0, 0.1) is 49.4 Å². The van der Waals surface area contributed by atoms with E-state index in [1.165, 1.54) is 25.7 Å². The molecule has 4 fully saturated rings. The van der Waals surface area contributed by atoms with Crippen LogP contribution in [0.2, 0.25) is 0 Å². The Kier molecular flexibility index (Phi) is 8.23. The highest BCUT2D eigenvalue weighted by Gasteiger charge is 2.57. The maximum absolute atomic E-state index is 13.8. The summed E-state index contributed by atoms with van der Waals surface area (Å²) in [7, 11) is 0. The maximum Gasteiger partial charge on any atom is 0.340 e. The zero-order valence-electron chi connectivity index (χ0n) is 30.3. The van der Waals surface area contributed by atoms with Gasteiger partial charge in [-0.05, 0) is 128 Å². The van der Waals surface area contributed by atoms with Crippen LogP contribution in [0.25, 0.3) is 0 Å². The van der Waals surface area contributed by atoms with Gasteiger partial charge in [0.2, 0.25) is 0 Å². The normalized spacial score (nSPS) is 29.2. The van der Waals surface area contributed by atoms with Gasteiger partial charge >= 0.3 is 17.9 Å². The summed E-state index contributed by atoms with van der Waals surface area (Å²) < 4.78 is 19.1. The van der Waals surface area contributed by atoms with Crippen molar-refractivity contribution < 1.29 is 28.6 Å². The van der Waals surface area contributed by atoms with Crippen molar-refractivity contribution in [2.24, 2.45) is 35.5 Å². The first-order chi connectivity index (χ1) is 24.0. The SMILES string of the molecule is Cc1cc(OC(=O)C2[C@H]3CCCC[C@H]23)c(C(C)C)cc1C1(c2cc(C(C)C)c(OC(=O)C3[C@H]4CCCC[C@@H]34)cc2C)OC(=O)c2ccccc21. The summed E-state index contributed by atoms with van der Waals surface area (Å²) in [5, 5.41) is 0. The number of benzene rings is 3. The molecule has 0 saturated heterocycles. The molecular formula is C44H50O6. The quantitative estimate of drug-likeness (QED) is 0.175. The summed E-state index contributed by atoms with van der Waals surface area (Å²) in [4.78, 5) is 40.8. The molecule has 5 aliphatic rings. The molecule has 6 atom stereocenters. The topological polar surface area (TPSA) is 78.9 Å². The van der Waals surface area contributed by atoms with Gasteiger partial charge in [0.1, 0.15) is 11.5 Å². The average molecular weight is 675 g/mol. The Morgan fingerprint density at radius 1 is 0.660 bits per heavy atom. The average Bonchev–Trinajstić information content (AvgIpc) is 3.98. The molecule has 6 heteroatoms. The van der Waals surface area contributed by atoms with E-state index in [0.29, 0.717) is 40.7 Å². The number of cyclic esters (lactones) is 1. The Morgan fingerprint density at radius 3 is 1.50 bits per heavy atom. The molecule has 0 N–H and O–H groups in total. The Morgan fingerprint density at radius 2 is 1.08 bits per heavy atom. The van der Waals surface area contributed by atoms with Crippen LogP contribution in [0.15, 0.2) is 48.5 Å².